The second kappa shape index (κ2) is 8.58. The average molecular weight is 352 g/mol. The second-order valence-corrected chi connectivity index (χ2v) is 7.32. The fourth-order valence-corrected chi connectivity index (χ4v) is 4.73. The molecule has 0 aromatic rings. The van der Waals surface area contributed by atoms with Gasteiger partial charge in [0, 0.05) is 0 Å². The summed E-state index contributed by atoms with van der Waals surface area (Å²) in [5.41, 5.74) is 6.99. The molecule has 1 unspecified atom stereocenters. The Labute approximate surface area is 149 Å². The van der Waals surface area contributed by atoms with Crippen molar-refractivity contribution < 1.29 is 26.4 Å². The Morgan fingerprint density at radius 2 is 1.13 bits per heavy atom. The summed E-state index contributed by atoms with van der Waals surface area (Å²) in [5.74, 6) is 1.57. The van der Waals surface area contributed by atoms with Gasteiger partial charge in [0.1, 0.15) is 0 Å². The van der Waals surface area contributed by atoms with Crippen LogP contribution in [-0.2, 0) is 20.2 Å². The van der Waals surface area contributed by atoms with Gasteiger partial charge >= 0.3 is 26.4 Å². The third kappa shape index (κ3) is 4.14. The van der Waals surface area contributed by atoms with Gasteiger partial charge < -0.3 is 0 Å². The van der Waals surface area contributed by atoms with E-state index in [1.165, 1.54) is 64.2 Å². The third-order valence-electron chi connectivity index (χ3n) is 5.85. The standard InChI is InChI=1S/C20H26.2FH.Ti/c1-3-7-19-15(5-1)9-11-17(19)13-14-18-12-10-16-6-2-4-8-20(16)18;;;/h9-12,17-18H,1-8,13-14H2;2*1H;/q;;;+2/p-2/t17-,18?;;;/m1.../s1. The van der Waals surface area contributed by atoms with Crippen molar-refractivity contribution in [2.75, 3.05) is 0 Å². The van der Waals surface area contributed by atoms with Gasteiger partial charge in [0.2, 0.25) is 0 Å². The fraction of sp³-hybridized carbons (Fsp3) is 0.600. The minimum atomic E-state index is -2.50. The van der Waals surface area contributed by atoms with E-state index in [1.807, 2.05) is 0 Å². The second-order valence-electron chi connectivity index (χ2n) is 7.10. The molecule has 0 fully saturated rings. The van der Waals surface area contributed by atoms with Crippen LogP contribution in [0.4, 0.5) is 6.18 Å². The first-order valence-corrected chi connectivity index (χ1v) is 10.3. The molecule has 0 heterocycles. The first-order chi connectivity index (χ1) is 11.3. The molecule has 4 aliphatic rings. The summed E-state index contributed by atoms with van der Waals surface area (Å²) < 4.78 is 19.5. The van der Waals surface area contributed by atoms with Gasteiger partial charge in [0.25, 0.3) is 0 Å². The molecule has 124 valence electrons. The van der Waals surface area contributed by atoms with E-state index in [0.29, 0.717) is 0 Å². The van der Waals surface area contributed by atoms with E-state index in [1.54, 1.807) is 22.3 Å². The molecule has 0 radical (unpaired) electrons. The van der Waals surface area contributed by atoms with E-state index < -0.39 is 20.2 Å². The number of halogens is 2. The van der Waals surface area contributed by atoms with Crippen LogP contribution < -0.4 is 0 Å². The molecule has 0 amide bonds. The quantitative estimate of drug-likeness (QED) is 0.495. The van der Waals surface area contributed by atoms with Crippen molar-refractivity contribution in [3.63, 3.8) is 0 Å². The SMILES string of the molecule is C1=CC(CC[C@H]2C=CC3=C2CCCC3)C2=C1CCCC2.[F][Ti][F]. The molecule has 0 aromatic heterocycles. The van der Waals surface area contributed by atoms with Gasteiger partial charge in [-0.05, 0) is 87.2 Å². The summed E-state index contributed by atoms with van der Waals surface area (Å²) in [6, 6.07) is 0. The zero-order chi connectivity index (χ0) is 16.1. The summed E-state index contributed by atoms with van der Waals surface area (Å²) in [5, 5.41) is 0. The van der Waals surface area contributed by atoms with Crippen molar-refractivity contribution in [2.24, 2.45) is 11.8 Å². The Hall–Kier alpha value is -0.466. The van der Waals surface area contributed by atoms with Crippen molar-refractivity contribution in [1.82, 2.24) is 0 Å². The van der Waals surface area contributed by atoms with Gasteiger partial charge in [0.05, 0.1) is 0 Å². The Balaban J connectivity index is 0.000000485. The summed E-state index contributed by atoms with van der Waals surface area (Å²) in [7, 11) is 0. The third-order valence-corrected chi connectivity index (χ3v) is 5.85. The molecule has 0 spiro atoms. The first kappa shape index (κ1) is 17.4. The molecular formula is C20H26F2Ti. The number of allylic oxidation sites excluding steroid dienone is 8. The van der Waals surface area contributed by atoms with Crippen LogP contribution in [0.3, 0.4) is 0 Å². The van der Waals surface area contributed by atoms with Crippen LogP contribution in [0.1, 0.15) is 64.2 Å². The molecule has 3 heteroatoms. The summed E-state index contributed by atoms with van der Waals surface area (Å²) >= 11 is -2.50. The zero-order valence-electron chi connectivity index (χ0n) is 13.8. The molecule has 2 atom stereocenters. The van der Waals surface area contributed by atoms with Crippen molar-refractivity contribution in [1.29, 1.82) is 0 Å². The predicted molar refractivity (Wildman–Crippen MR) is 87.7 cm³/mol. The van der Waals surface area contributed by atoms with Crippen molar-refractivity contribution >= 4 is 0 Å². The van der Waals surface area contributed by atoms with Crippen molar-refractivity contribution in [2.45, 2.75) is 64.2 Å². The van der Waals surface area contributed by atoms with E-state index in [-0.39, 0.29) is 0 Å². The molecule has 4 rings (SSSR count). The molecule has 0 saturated carbocycles. The monoisotopic (exact) mass is 352 g/mol. The molecule has 0 bridgehead atoms. The van der Waals surface area contributed by atoms with Crippen LogP contribution in [-0.4, -0.2) is 0 Å². The number of hydrogen-bond acceptors (Lipinski definition) is 0. The Morgan fingerprint density at radius 3 is 1.57 bits per heavy atom. The van der Waals surface area contributed by atoms with Crippen LogP contribution in [0.15, 0.2) is 46.6 Å². The van der Waals surface area contributed by atoms with Crippen LogP contribution in [0, 0.1) is 11.8 Å². The van der Waals surface area contributed by atoms with E-state index in [4.69, 9.17) is 0 Å². The van der Waals surface area contributed by atoms with Crippen molar-refractivity contribution in [3.05, 3.63) is 46.6 Å². The van der Waals surface area contributed by atoms with Gasteiger partial charge in [-0.25, -0.2) is 0 Å². The summed E-state index contributed by atoms with van der Waals surface area (Å²) in [6.07, 6.45) is 23.8. The van der Waals surface area contributed by atoms with Crippen LogP contribution in [0.2, 0.25) is 0 Å². The summed E-state index contributed by atoms with van der Waals surface area (Å²) in [4.78, 5) is 0. The molecule has 0 nitrogen and oxygen atoms in total. The Morgan fingerprint density at radius 1 is 0.739 bits per heavy atom. The molecule has 23 heavy (non-hydrogen) atoms. The maximum absolute atomic E-state index is 9.75. The average Bonchev–Trinajstić information content (AvgIpc) is 3.18. The molecule has 0 N–H and O–H groups in total. The minimum absolute atomic E-state index is 0.784. The fourth-order valence-electron chi connectivity index (χ4n) is 4.73. The van der Waals surface area contributed by atoms with Gasteiger partial charge in [-0.2, -0.15) is 0 Å². The topological polar surface area (TPSA) is 0 Å². The molecule has 0 saturated heterocycles. The van der Waals surface area contributed by atoms with Crippen LogP contribution >= 0.6 is 0 Å². The van der Waals surface area contributed by atoms with Crippen LogP contribution in [0.25, 0.3) is 0 Å². The first-order valence-electron chi connectivity index (χ1n) is 9.10. The van der Waals surface area contributed by atoms with Gasteiger partial charge in [-0.3, -0.25) is 0 Å². The summed E-state index contributed by atoms with van der Waals surface area (Å²) in [6.45, 7) is 0. The predicted octanol–water partition coefficient (Wildman–Crippen LogP) is 6.72. The zero-order valence-corrected chi connectivity index (χ0v) is 15.4. The number of rotatable bonds is 3. The molecule has 0 aliphatic heterocycles. The number of hydrogen-bond donors (Lipinski definition) is 0. The van der Waals surface area contributed by atoms with Gasteiger partial charge in [0.15, 0.2) is 0 Å². The van der Waals surface area contributed by atoms with E-state index >= 15 is 0 Å². The van der Waals surface area contributed by atoms with Gasteiger partial charge in [-0.1, -0.05) is 35.5 Å². The normalized spacial score (nSPS) is 28.4. The maximum atomic E-state index is 9.75. The van der Waals surface area contributed by atoms with E-state index in [9.17, 15) is 6.18 Å². The van der Waals surface area contributed by atoms with Crippen molar-refractivity contribution in [3.8, 4) is 0 Å². The Bertz CT molecular complexity index is 494. The molecular weight excluding hydrogens is 326 g/mol. The van der Waals surface area contributed by atoms with E-state index in [0.717, 1.165) is 11.8 Å². The van der Waals surface area contributed by atoms with Gasteiger partial charge in [-0.15, -0.1) is 0 Å². The van der Waals surface area contributed by atoms with E-state index in [2.05, 4.69) is 24.3 Å². The van der Waals surface area contributed by atoms with Crippen LogP contribution in [0.5, 0.6) is 0 Å². The Kier molecular flexibility index (Phi) is 6.47. The molecule has 4 aliphatic carbocycles. The molecule has 0 aromatic carbocycles.